The first-order chi connectivity index (χ1) is 11.5. The van der Waals surface area contributed by atoms with Gasteiger partial charge < -0.3 is 9.73 Å². The summed E-state index contributed by atoms with van der Waals surface area (Å²) in [5, 5.41) is 2.36. The first kappa shape index (κ1) is 19.1. The van der Waals surface area contributed by atoms with Crippen molar-refractivity contribution >= 4 is 22.4 Å². The van der Waals surface area contributed by atoms with Crippen LogP contribution in [0.1, 0.15) is 5.56 Å². The number of halogens is 3. The lowest BCUT2D eigenvalue weighted by Crippen LogP contribution is -2.13. The highest BCUT2D eigenvalue weighted by atomic mass is 35.5. The van der Waals surface area contributed by atoms with E-state index in [-0.39, 0.29) is 35.2 Å². The molecular formula is C15H14ClF2N3O3S. The van der Waals surface area contributed by atoms with Crippen molar-refractivity contribution in [2.75, 3.05) is 7.05 Å². The Morgan fingerprint density at radius 1 is 1.28 bits per heavy atom. The van der Waals surface area contributed by atoms with Crippen LogP contribution >= 0.6 is 12.4 Å². The summed E-state index contributed by atoms with van der Waals surface area (Å²) in [6.45, 7) is 0.0708. The number of furan rings is 1. The van der Waals surface area contributed by atoms with Gasteiger partial charge in [0.1, 0.15) is 5.69 Å². The molecule has 25 heavy (non-hydrogen) atoms. The smallest absolute Gasteiger partial charge is 0.301 e. The third-order valence-corrected chi connectivity index (χ3v) is 4.92. The van der Waals surface area contributed by atoms with Gasteiger partial charge in [0, 0.05) is 24.5 Å². The van der Waals surface area contributed by atoms with Gasteiger partial charge in [-0.1, -0.05) is 0 Å². The summed E-state index contributed by atoms with van der Waals surface area (Å²) in [5.41, 5.74) is -0.611. The molecule has 0 fully saturated rings. The van der Waals surface area contributed by atoms with Crippen LogP contribution in [0.4, 0.5) is 8.78 Å². The molecule has 0 aliphatic rings. The zero-order chi connectivity index (χ0) is 17.3. The van der Waals surface area contributed by atoms with Gasteiger partial charge in [0.15, 0.2) is 5.82 Å². The van der Waals surface area contributed by atoms with Crippen LogP contribution < -0.4 is 5.32 Å². The predicted octanol–water partition coefficient (Wildman–Crippen LogP) is 2.80. The Bertz CT molecular complexity index is 972. The zero-order valence-electron chi connectivity index (χ0n) is 12.9. The normalized spacial score (nSPS) is 11.3. The summed E-state index contributed by atoms with van der Waals surface area (Å²) < 4.78 is 59.8. The van der Waals surface area contributed by atoms with Crippen molar-refractivity contribution in [3.63, 3.8) is 0 Å². The lowest BCUT2D eigenvalue weighted by molar-refractivity contribution is 0.447. The van der Waals surface area contributed by atoms with E-state index in [1.54, 1.807) is 7.05 Å². The molecule has 0 aliphatic heterocycles. The lowest BCUT2D eigenvalue weighted by Gasteiger charge is -2.09. The SMILES string of the molecule is CNCc1cn(S(=O)(=O)c2ccco2)c(-c2cccnc2F)c1F.Cl. The molecule has 134 valence electrons. The highest BCUT2D eigenvalue weighted by molar-refractivity contribution is 7.89. The molecule has 1 N–H and O–H groups in total. The van der Waals surface area contributed by atoms with E-state index in [0.717, 1.165) is 6.20 Å². The largest absolute Gasteiger partial charge is 0.451 e. The Labute approximate surface area is 149 Å². The summed E-state index contributed by atoms with van der Waals surface area (Å²) in [7, 11) is -2.64. The first-order valence-corrected chi connectivity index (χ1v) is 8.35. The Morgan fingerprint density at radius 3 is 2.64 bits per heavy atom. The van der Waals surface area contributed by atoms with Gasteiger partial charge in [-0.2, -0.15) is 12.8 Å². The highest BCUT2D eigenvalue weighted by Crippen LogP contribution is 2.31. The van der Waals surface area contributed by atoms with E-state index in [2.05, 4.69) is 10.3 Å². The predicted molar refractivity (Wildman–Crippen MR) is 88.9 cm³/mol. The van der Waals surface area contributed by atoms with Gasteiger partial charge in [0.2, 0.25) is 11.0 Å². The monoisotopic (exact) mass is 389 g/mol. The fraction of sp³-hybridized carbons (Fsp3) is 0.133. The summed E-state index contributed by atoms with van der Waals surface area (Å²) in [4.78, 5) is 3.46. The lowest BCUT2D eigenvalue weighted by atomic mass is 10.2. The van der Waals surface area contributed by atoms with E-state index < -0.39 is 27.5 Å². The molecule has 0 bridgehead atoms. The van der Waals surface area contributed by atoms with Gasteiger partial charge in [0.25, 0.3) is 0 Å². The van der Waals surface area contributed by atoms with E-state index in [0.29, 0.717) is 3.97 Å². The van der Waals surface area contributed by atoms with Crippen LogP contribution in [-0.4, -0.2) is 24.4 Å². The second-order valence-electron chi connectivity index (χ2n) is 4.92. The molecular weight excluding hydrogens is 376 g/mol. The number of hydrogen-bond donors (Lipinski definition) is 1. The minimum absolute atomic E-state index is 0. The van der Waals surface area contributed by atoms with Gasteiger partial charge >= 0.3 is 10.0 Å². The summed E-state index contributed by atoms with van der Waals surface area (Å²) in [6.07, 6.45) is 3.48. The molecule has 10 heteroatoms. The molecule has 0 saturated heterocycles. The van der Waals surface area contributed by atoms with E-state index in [9.17, 15) is 17.2 Å². The van der Waals surface area contributed by atoms with Gasteiger partial charge in [-0.25, -0.2) is 13.3 Å². The van der Waals surface area contributed by atoms with Crippen molar-refractivity contribution in [2.45, 2.75) is 11.6 Å². The number of rotatable bonds is 5. The van der Waals surface area contributed by atoms with E-state index in [1.165, 1.54) is 36.7 Å². The molecule has 3 heterocycles. The molecule has 6 nitrogen and oxygen atoms in total. The van der Waals surface area contributed by atoms with Crippen molar-refractivity contribution < 1.29 is 21.6 Å². The maximum absolute atomic E-state index is 14.8. The Morgan fingerprint density at radius 2 is 2.04 bits per heavy atom. The molecule has 0 saturated carbocycles. The molecule has 3 rings (SSSR count). The quantitative estimate of drug-likeness (QED) is 0.679. The highest BCUT2D eigenvalue weighted by Gasteiger charge is 2.29. The van der Waals surface area contributed by atoms with E-state index in [4.69, 9.17) is 4.42 Å². The van der Waals surface area contributed by atoms with Crippen LogP contribution in [0.15, 0.2) is 52.4 Å². The molecule has 3 aromatic heterocycles. The molecule has 3 aromatic rings. The zero-order valence-corrected chi connectivity index (χ0v) is 14.6. The van der Waals surface area contributed by atoms with Crippen LogP contribution in [0.25, 0.3) is 11.3 Å². The summed E-state index contributed by atoms with van der Waals surface area (Å²) >= 11 is 0. The molecule has 0 amide bonds. The van der Waals surface area contributed by atoms with Gasteiger partial charge in [-0.15, -0.1) is 12.4 Å². The maximum Gasteiger partial charge on any atom is 0.301 e. The molecule has 0 atom stereocenters. The van der Waals surface area contributed by atoms with Crippen molar-refractivity contribution in [1.29, 1.82) is 0 Å². The average molecular weight is 390 g/mol. The van der Waals surface area contributed by atoms with Crippen LogP contribution in [-0.2, 0) is 16.6 Å². The number of nitrogens with zero attached hydrogens (tertiary/aromatic N) is 2. The van der Waals surface area contributed by atoms with Crippen LogP contribution in [0, 0.1) is 11.8 Å². The Kier molecular flexibility index (Phi) is 5.61. The molecule has 0 aliphatic carbocycles. The average Bonchev–Trinajstić information content (AvgIpc) is 3.19. The van der Waals surface area contributed by atoms with E-state index >= 15 is 0 Å². The second-order valence-corrected chi connectivity index (χ2v) is 6.67. The fourth-order valence-corrected chi connectivity index (χ4v) is 3.63. The van der Waals surface area contributed by atoms with E-state index in [1.807, 2.05) is 0 Å². The molecule has 0 radical (unpaired) electrons. The number of nitrogens with one attached hydrogen (secondary N) is 1. The van der Waals surface area contributed by atoms with Crippen LogP contribution in [0.2, 0.25) is 0 Å². The summed E-state index contributed by atoms with van der Waals surface area (Å²) in [6, 6.07) is 5.28. The Balaban J connectivity index is 0.00000225. The minimum Gasteiger partial charge on any atom is -0.451 e. The van der Waals surface area contributed by atoms with Crippen molar-refractivity contribution in [3.8, 4) is 11.3 Å². The second kappa shape index (κ2) is 7.34. The first-order valence-electron chi connectivity index (χ1n) is 6.91. The topological polar surface area (TPSA) is 77.1 Å². The fourth-order valence-electron chi connectivity index (χ4n) is 2.32. The molecule has 0 unspecified atom stereocenters. The van der Waals surface area contributed by atoms with Crippen molar-refractivity contribution in [3.05, 3.63) is 60.3 Å². The van der Waals surface area contributed by atoms with Crippen molar-refractivity contribution in [2.24, 2.45) is 0 Å². The number of hydrogen-bond acceptors (Lipinski definition) is 5. The minimum atomic E-state index is -4.22. The standard InChI is InChI=1S/C15H13F2N3O3S.ClH/c1-18-8-10-9-20(24(21,22)12-5-3-7-23-12)14(13(10)16)11-4-2-6-19-15(11)17;/h2-7,9,18H,8H2,1H3;1H. The van der Waals surface area contributed by atoms with Gasteiger partial charge in [-0.3, -0.25) is 0 Å². The third kappa shape index (κ3) is 3.30. The van der Waals surface area contributed by atoms with Gasteiger partial charge in [0.05, 0.1) is 11.8 Å². The molecule has 0 spiro atoms. The maximum atomic E-state index is 14.8. The summed E-state index contributed by atoms with van der Waals surface area (Å²) in [5.74, 6) is -1.81. The van der Waals surface area contributed by atoms with Crippen LogP contribution in [0.3, 0.4) is 0 Å². The molecule has 0 aromatic carbocycles. The third-order valence-electron chi connectivity index (χ3n) is 3.37. The van der Waals surface area contributed by atoms with Gasteiger partial charge in [-0.05, 0) is 31.3 Å². The van der Waals surface area contributed by atoms with Crippen molar-refractivity contribution in [1.82, 2.24) is 14.3 Å². The van der Waals surface area contributed by atoms with Crippen LogP contribution in [0.5, 0.6) is 0 Å². The number of pyridine rings is 1. The number of aromatic nitrogens is 2. The Hall–Kier alpha value is -2.23.